The van der Waals surface area contributed by atoms with E-state index in [-0.39, 0.29) is 0 Å². The molecule has 1 aromatic heterocycles. The average molecular weight is 224 g/mol. The summed E-state index contributed by atoms with van der Waals surface area (Å²) < 4.78 is 2.23. The second kappa shape index (κ2) is 6.66. The Bertz CT molecular complexity index is 293. The van der Waals surface area contributed by atoms with Gasteiger partial charge in [-0.05, 0) is 34.0 Å². The van der Waals surface area contributed by atoms with Gasteiger partial charge in [0, 0.05) is 25.3 Å². The van der Waals surface area contributed by atoms with E-state index in [4.69, 9.17) is 0 Å². The summed E-state index contributed by atoms with van der Waals surface area (Å²) in [7, 11) is 4.22. The van der Waals surface area contributed by atoms with Gasteiger partial charge in [0.1, 0.15) is 0 Å². The van der Waals surface area contributed by atoms with Crippen LogP contribution in [0.2, 0.25) is 0 Å². The molecule has 0 fully saturated rings. The smallest absolute Gasteiger partial charge is 0.0949 e. The van der Waals surface area contributed by atoms with Crippen LogP contribution in [0, 0.1) is 0 Å². The first-order valence-corrected chi connectivity index (χ1v) is 6.01. The third-order valence-electron chi connectivity index (χ3n) is 2.87. The highest BCUT2D eigenvalue weighted by atomic mass is 15.2. The van der Waals surface area contributed by atoms with Crippen molar-refractivity contribution in [3.8, 4) is 0 Å². The molecule has 0 saturated carbocycles. The summed E-state index contributed by atoms with van der Waals surface area (Å²) in [5.74, 6) is 0. The first-order valence-electron chi connectivity index (χ1n) is 6.01. The number of nitrogens with zero attached hydrogens (tertiary/aromatic N) is 3. The van der Waals surface area contributed by atoms with Crippen molar-refractivity contribution in [2.24, 2.45) is 0 Å². The van der Waals surface area contributed by atoms with Gasteiger partial charge in [-0.15, -0.1) is 0 Å². The van der Waals surface area contributed by atoms with Gasteiger partial charge in [0.25, 0.3) is 0 Å². The summed E-state index contributed by atoms with van der Waals surface area (Å²) in [5.41, 5.74) is 1.27. The molecule has 16 heavy (non-hydrogen) atoms. The Labute approximate surface area is 98.7 Å². The zero-order valence-corrected chi connectivity index (χ0v) is 10.9. The van der Waals surface area contributed by atoms with Crippen LogP contribution in [-0.2, 0) is 13.1 Å². The highest BCUT2D eigenvalue weighted by Crippen LogP contribution is 2.03. The minimum absolute atomic E-state index is 0.527. The van der Waals surface area contributed by atoms with Crippen LogP contribution in [0.1, 0.15) is 26.0 Å². The van der Waals surface area contributed by atoms with Crippen LogP contribution in [0.15, 0.2) is 12.5 Å². The van der Waals surface area contributed by atoms with E-state index in [0.29, 0.717) is 6.04 Å². The Morgan fingerprint density at radius 2 is 2.25 bits per heavy atom. The van der Waals surface area contributed by atoms with E-state index in [2.05, 4.69) is 47.7 Å². The van der Waals surface area contributed by atoms with E-state index in [0.717, 1.165) is 19.6 Å². The number of nitrogens with one attached hydrogen (secondary N) is 1. The van der Waals surface area contributed by atoms with Crippen LogP contribution in [-0.4, -0.2) is 41.1 Å². The highest BCUT2D eigenvalue weighted by Gasteiger charge is 2.08. The fraction of sp³-hybridized carbons (Fsp3) is 0.750. The summed E-state index contributed by atoms with van der Waals surface area (Å²) in [4.78, 5) is 6.44. The monoisotopic (exact) mass is 224 g/mol. The Morgan fingerprint density at radius 3 is 2.88 bits per heavy atom. The molecule has 0 aliphatic carbocycles. The zero-order valence-electron chi connectivity index (χ0n) is 10.9. The summed E-state index contributed by atoms with van der Waals surface area (Å²) in [6, 6.07) is 0.527. The number of aromatic nitrogens is 2. The molecular formula is C12H24N4. The quantitative estimate of drug-likeness (QED) is 0.709. The molecular weight excluding hydrogens is 200 g/mol. The molecule has 0 radical (unpaired) electrons. The maximum Gasteiger partial charge on any atom is 0.0949 e. The fourth-order valence-corrected chi connectivity index (χ4v) is 1.50. The molecule has 4 heteroatoms. The van der Waals surface area contributed by atoms with Gasteiger partial charge in [0.05, 0.1) is 12.0 Å². The van der Waals surface area contributed by atoms with Gasteiger partial charge >= 0.3 is 0 Å². The molecule has 1 N–H and O–H groups in total. The summed E-state index contributed by atoms with van der Waals surface area (Å²) in [6.07, 6.45) is 5.04. The molecule has 92 valence electrons. The van der Waals surface area contributed by atoms with Gasteiger partial charge in [-0.1, -0.05) is 6.92 Å². The van der Waals surface area contributed by atoms with Gasteiger partial charge in [-0.2, -0.15) is 0 Å². The van der Waals surface area contributed by atoms with Gasteiger partial charge in [-0.3, -0.25) is 0 Å². The Hall–Kier alpha value is -0.870. The molecule has 0 aliphatic rings. The topological polar surface area (TPSA) is 33.1 Å². The maximum absolute atomic E-state index is 4.22. The van der Waals surface area contributed by atoms with Gasteiger partial charge in [0.2, 0.25) is 0 Å². The summed E-state index contributed by atoms with van der Waals surface area (Å²) in [5, 5.41) is 3.41. The molecule has 4 nitrogen and oxygen atoms in total. The molecule has 1 atom stereocenters. The molecule has 1 rings (SSSR count). The molecule has 0 spiro atoms. The van der Waals surface area contributed by atoms with Crippen LogP contribution < -0.4 is 5.32 Å². The van der Waals surface area contributed by atoms with Gasteiger partial charge < -0.3 is 14.8 Å². The largest absolute Gasteiger partial charge is 0.332 e. The van der Waals surface area contributed by atoms with Crippen LogP contribution >= 0.6 is 0 Å². The molecule has 1 unspecified atom stereocenters. The van der Waals surface area contributed by atoms with Crippen molar-refractivity contribution in [3.05, 3.63) is 18.2 Å². The Balaban J connectivity index is 2.50. The Morgan fingerprint density at radius 1 is 1.50 bits per heavy atom. The van der Waals surface area contributed by atoms with Crippen molar-refractivity contribution in [2.75, 3.05) is 20.6 Å². The number of imidazole rings is 1. The van der Waals surface area contributed by atoms with Crippen LogP contribution in [0.25, 0.3) is 0 Å². The summed E-state index contributed by atoms with van der Waals surface area (Å²) in [6.45, 7) is 7.38. The van der Waals surface area contributed by atoms with Crippen molar-refractivity contribution >= 4 is 0 Å². The molecule has 1 aromatic rings. The maximum atomic E-state index is 4.22. The number of likely N-dealkylation sites (N-methyl/N-ethyl adjacent to an activating group) is 1. The number of rotatable bonds is 7. The van der Waals surface area contributed by atoms with Crippen molar-refractivity contribution < 1.29 is 0 Å². The molecule has 0 bridgehead atoms. The van der Waals surface area contributed by atoms with Crippen molar-refractivity contribution in [2.45, 2.75) is 39.4 Å². The predicted octanol–water partition coefficient (Wildman–Crippen LogP) is 1.33. The molecule has 0 aromatic carbocycles. The molecule has 1 heterocycles. The van der Waals surface area contributed by atoms with Crippen LogP contribution in [0.3, 0.4) is 0 Å². The minimum atomic E-state index is 0.527. The van der Waals surface area contributed by atoms with E-state index < -0.39 is 0 Å². The second-order valence-electron chi connectivity index (χ2n) is 4.53. The minimum Gasteiger partial charge on any atom is -0.332 e. The molecule has 0 saturated heterocycles. The van der Waals surface area contributed by atoms with Gasteiger partial charge in [0.15, 0.2) is 0 Å². The van der Waals surface area contributed by atoms with Crippen LogP contribution in [0.5, 0.6) is 0 Å². The molecule has 0 aliphatic heterocycles. The number of hydrogen-bond donors (Lipinski definition) is 1. The summed E-state index contributed by atoms with van der Waals surface area (Å²) >= 11 is 0. The fourth-order valence-electron chi connectivity index (χ4n) is 1.50. The van der Waals surface area contributed by atoms with Crippen molar-refractivity contribution in [1.29, 1.82) is 0 Å². The Kier molecular flexibility index (Phi) is 5.49. The van der Waals surface area contributed by atoms with E-state index in [9.17, 15) is 0 Å². The zero-order chi connectivity index (χ0) is 12.0. The lowest BCUT2D eigenvalue weighted by molar-refractivity contribution is 0.281. The van der Waals surface area contributed by atoms with Crippen LogP contribution in [0.4, 0.5) is 0 Å². The third-order valence-corrected chi connectivity index (χ3v) is 2.87. The lowest BCUT2D eigenvalue weighted by Gasteiger charge is -2.21. The standard InChI is InChI=1S/C12H24N4/c1-5-6-13-7-12-8-14-10-16(12)9-11(2)15(3)4/h8,10-11,13H,5-7,9H2,1-4H3. The lowest BCUT2D eigenvalue weighted by Crippen LogP contribution is -2.30. The van der Waals surface area contributed by atoms with Crippen molar-refractivity contribution in [1.82, 2.24) is 19.8 Å². The average Bonchev–Trinajstić information content (AvgIpc) is 2.66. The van der Waals surface area contributed by atoms with E-state index in [1.54, 1.807) is 0 Å². The van der Waals surface area contributed by atoms with Crippen molar-refractivity contribution in [3.63, 3.8) is 0 Å². The SMILES string of the molecule is CCCNCc1cncn1CC(C)N(C)C. The first-order chi connectivity index (χ1) is 7.65. The van der Waals surface area contributed by atoms with E-state index in [1.807, 2.05) is 12.5 Å². The molecule has 0 amide bonds. The third kappa shape index (κ3) is 3.94. The van der Waals surface area contributed by atoms with Gasteiger partial charge in [-0.25, -0.2) is 4.98 Å². The predicted molar refractivity (Wildman–Crippen MR) is 67.4 cm³/mol. The van der Waals surface area contributed by atoms with E-state index in [1.165, 1.54) is 12.1 Å². The lowest BCUT2D eigenvalue weighted by atomic mass is 10.3. The highest BCUT2D eigenvalue weighted by molar-refractivity contribution is 4.98. The second-order valence-corrected chi connectivity index (χ2v) is 4.53. The normalized spacial score (nSPS) is 13.3. The van der Waals surface area contributed by atoms with E-state index >= 15 is 0 Å². The number of hydrogen-bond acceptors (Lipinski definition) is 3. The first kappa shape index (κ1) is 13.2.